The van der Waals surface area contributed by atoms with Crippen molar-refractivity contribution in [3.63, 3.8) is 0 Å². The van der Waals surface area contributed by atoms with Crippen molar-refractivity contribution in [2.24, 2.45) is 0 Å². The van der Waals surface area contributed by atoms with Crippen molar-refractivity contribution in [1.82, 2.24) is 14.8 Å². The highest BCUT2D eigenvalue weighted by Crippen LogP contribution is 2.10. The summed E-state index contributed by atoms with van der Waals surface area (Å²) in [4.78, 5) is 4.16. The van der Waals surface area contributed by atoms with E-state index in [1.807, 2.05) is 20.8 Å². The lowest BCUT2D eigenvalue weighted by Gasteiger charge is -2.07. The van der Waals surface area contributed by atoms with Crippen LogP contribution in [-0.2, 0) is 0 Å². The van der Waals surface area contributed by atoms with Gasteiger partial charge in [0.2, 0.25) is 0 Å². The van der Waals surface area contributed by atoms with E-state index >= 15 is 0 Å². The van der Waals surface area contributed by atoms with E-state index < -0.39 is 0 Å². The summed E-state index contributed by atoms with van der Waals surface area (Å²) in [6.45, 7) is 5.71. The first kappa shape index (κ1) is 8.72. The number of hydrogen-bond acceptors (Lipinski definition) is 3. The van der Waals surface area contributed by atoms with Crippen LogP contribution >= 0.6 is 0 Å². The summed E-state index contributed by atoms with van der Waals surface area (Å²) in [7, 11) is 0. The normalized spacial score (nSPS) is 12.5. The van der Waals surface area contributed by atoms with Gasteiger partial charge in [0.25, 0.3) is 0 Å². The maximum Gasteiger partial charge on any atom is 0.147 e. The summed E-state index contributed by atoms with van der Waals surface area (Å²) in [6.07, 6.45) is 0.476. The van der Waals surface area contributed by atoms with Gasteiger partial charge in [0.15, 0.2) is 0 Å². The van der Waals surface area contributed by atoms with Gasteiger partial charge in [-0.05, 0) is 20.8 Å². The third-order valence-corrected chi connectivity index (χ3v) is 1.71. The number of rotatable bonds is 2. The van der Waals surface area contributed by atoms with Crippen LogP contribution in [0, 0.1) is 25.2 Å². The van der Waals surface area contributed by atoms with Crippen LogP contribution in [0.1, 0.15) is 31.0 Å². The molecule has 4 nitrogen and oxygen atoms in total. The van der Waals surface area contributed by atoms with Gasteiger partial charge in [-0.2, -0.15) is 10.4 Å². The minimum absolute atomic E-state index is 0.121. The smallest absolute Gasteiger partial charge is 0.147 e. The Balaban J connectivity index is 2.88. The van der Waals surface area contributed by atoms with E-state index in [1.54, 1.807) is 4.68 Å². The highest BCUT2D eigenvalue weighted by Gasteiger charge is 2.09. The molecule has 0 aliphatic rings. The molecule has 0 aliphatic carbocycles. The van der Waals surface area contributed by atoms with Crippen LogP contribution in [0.4, 0.5) is 0 Å². The molecule has 1 aromatic heterocycles. The van der Waals surface area contributed by atoms with Gasteiger partial charge < -0.3 is 0 Å². The summed E-state index contributed by atoms with van der Waals surface area (Å²) >= 11 is 0. The van der Waals surface area contributed by atoms with E-state index in [-0.39, 0.29) is 6.04 Å². The van der Waals surface area contributed by atoms with Crippen molar-refractivity contribution in [1.29, 1.82) is 5.26 Å². The Morgan fingerprint density at radius 1 is 1.58 bits per heavy atom. The fraction of sp³-hybridized carbons (Fsp3) is 0.625. The molecule has 0 fully saturated rings. The summed E-state index contributed by atoms with van der Waals surface area (Å²) in [6, 6.07) is 2.24. The number of aryl methyl sites for hydroxylation is 2. The number of hydrogen-bond donors (Lipinski definition) is 0. The SMILES string of the molecule is Cc1nc(C)n(C(C)CC#N)n1. The Hall–Kier alpha value is -1.37. The average Bonchev–Trinajstić information content (AvgIpc) is 2.30. The molecule has 0 radical (unpaired) electrons. The van der Waals surface area contributed by atoms with E-state index in [2.05, 4.69) is 16.2 Å². The first-order chi connectivity index (χ1) is 5.65. The maximum absolute atomic E-state index is 8.48. The van der Waals surface area contributed by atoms with Crippen molar-refractivity contribution in [2.75, 3.05) is 0 Å². The molecule has 0 spiro atoms. The molecule has 0 saturated heterocycles. The van der Waals surface area contributed by atoms with Crippen LogP contribution in [0.2, 0.25) is 0 Å². The predicted octanol–water partition coefficient (Wildman–Crippen LogP) is 1.37. The second kappa shape index (κ2) is 3.35. The molecule has 1 heterocycles. The topological polar surface area (TPSA) is 54.5 Å². The molecule has 1 aromatic rings. The van der Waals surface area contributed by atoms with Crippen LogP contribution in [-0.4, -0.2) is 14.8 Å². The minimum atomic E-state index is 0.121. The zero-order chi connectivity index (χ0) is 9.14. The molecule has 0 saturated carbocycles. The van der Waals surface area contributed by atoms with Gasteiger partial charge in [0.05, 0.1) is 18.5 Å². The fourth-order valence-corrected chi connectivity index (χ4v) is 1.17. The molecular weight excluding hydrogens is 152 g/mol. The monoisotopic (exact) mass is 164 g/mol. The first-order valence-electron chi connectivity index (χ1n) is 3.92. The van der Waals surface area contributed by atoms with Gasteiger partial charge in [0.1, 0.15) is 11.6 Å². The maximum atomic E-state index is 8.48. The number of nitrogens with zero attached hydrogens (tertiary/aromatic N) is 4. The molecule has 12 heavy (non-hydrogen) atoms. The Labute approximate surface area is 71.8 Å². The molecule has 1 rings (SSSR count). The van der Waals surface area contributed by atoms with Crippen molar-refractivity contribution in [3.05, 3.63) is 11.6 Å². The molecule has 0 aliphatic heterocycles. The quantitative estimate of drug-likeness (QED) is 0.663. The molecule has 64 valence electrons. The Morgan fingerprint density at radius 2 is 2.25 bits per heavy atom. The van der Waals surface area contributed by atoms with Gasteiger partial charge in [-0.1, -0.05) is 0 Å². The Morgan fingerprint density at radius 3 is 2.67 bits per heavy atom. The van der Waals surface area contributed by atoms with Crippen LogP contribution in [0.25, 0.3) is 0 Å². The van der Waals surface area contributed by atoms with E-state index in [9.17, 15) is 0 Å². The number of nitriles is 1. The first-order valence-corrected chi connectivity index (χ1v) is 3.92. The van der Waals surface area contributed by atoms with Crippen molar-refractivity contribution < 1.29 is 0 Å². The lowest BCUT2D eigenvalue weighted by molar-refractivity contribution is 0.484. The van der Waals surface area contributed by atoms with Gasteiger partial charge >= 0.3 is 0 Å². The summed E-state index contributed by atoms with van der Waals surface area (Å²) in [5.41, 5.74) is 0. The van der Waals surface area contributed by atoms with Crippen molar-refractivity contribution in [3.8, 4) is 6.07 Å². The Bertz CT molecular complexity index is 307. The molecule has 0 amide bonds. The second-order valence-corrected chi connectivity index (χ2v) is 2.86. The predicted molar refractivity (Wildman–Crippen MR) is 44.4 cm³/mol. The fourth-order valence-electron chi connectivity index (χ4n) is 1.17. The highest BCUT2D eigenvalue weighted by atomic mass is 15.4. The van der Waals surface area contributed by atoms with E-state index in [0.717, 1.165) is 11.6 Å². The highest BCUT2D eigenvalue weighted by molar-refractivity contribution is 4.91. The van der Waals surface area contributed by atoms with Gasteiger partial charge in [-0.15, -0.1) is 0 Å². The standard InChI is InChI=1S/C8H12N4/c1-6(4-5-9)12-8(3)10-7(2)11-12/h6H,4H2,1-3H3. The van der Waals surface area contributed by atoms with Crippen molar-refractivity contribution >= 4 is 0 Å². The molecular formula is C8H12N4. The molecule has 1 unspecified atom stereocenters. The zero-order valence-corrected chi connectivity index (χ0v) is 7.57. The molecule has 0 N–H and O–H groups in total. The van der Waals surface area contributed by atoms with Gasteiger partial charge in [0, 0.05) is 0 Å². The minimum Gasteiger partial charge on any atom is -0.246 e. The molecule has 1 atom stereocenters. The second-order valence-electron chi connectivity index (χ2n) is 2.86. The van der Waals surface area contributed by atoms with Crippen LogP contribution in [0.5, 0.6) is 0 Å². The van der Waals surface area contributed by atoms with Crippen LogP contribution in [0.3, 0.4) is 0 Å². The summed E-state index contributed by atoms with van der Waals surface area (Å²) < 4.78 is 1.79. The zero-order valence-electron chi connectivity index (χ0n) is 7.57. The van der Waals surface area contributed by atoms with E-state index in [4.69, 9.17) is 5.26 Å². The Kier molecular flexibility index (Phi) is 2.44. The lowest BCUT2D eigenvalue weighted by Crippen LogP contribution is -2.08. The summed E-state index contributed by atoms with van der Waals surface area (Å²) in [5.74, 6) is 1.63. The van der Waals surface area contributed by atoms with E-state index in [0.29, 0.717) is 6.42 Å². The number of aromatic nitrogens is 3. The summed E-state index contributed by atoms with van der Waals surface area (Å²) in [5, 5.41) is 12.7. The largest absolute Gasteiger partial charge is 0.246 e. The molecule has 0 bridgehead atoms. The van der Waals surface area contributed by atoms with Crippen LogP contribution in [0.15, 0.2) is 0 Å². The van der Waals surface area contributed by atoms with Crippen LogP contribution < -0.4 is 0 Å². The van der Waals surface area contributed by atoms with Gasteiger partial charge in [-0.25, -0.2) is 9.67 Å². The molecule has 0 aromatic carbocycles. The lowest BCUT2D eigenvalue weighted by atomic mass is 10.2. The third-order valence-electron chi connectivity index (χ3n) is 1.71. The third kappa shape index (κ3) is 1.62. The van der Waals surface area contributed by atoms with Gasteiger partial charge in [-0.3, -0.25) is 0 Å². The molecule has 4 heteroatoms. The van der Waals surface area contributed by atoms with Crippen molar-refractivity contribution in [2.45, 2.75) is 33.2 Å². The van der Waals surface area contributed by atoms with E-state index in [1.165, 1.54) is 0 Å². The average molecular weight is 164 g/mol.